The van der Waals surface area contributed by atoms with Crippen LogP contribution in [0.25, 0.3) is 10.2 Å². The van der Waals surface area contributed by atoms with Crippen LogP contribution >= 0.6 is 11.3 Å². The summed E-state index contributed by atoms with van der Waals surface area (Å²) < 4.78 is 0. The number of aromatic nitrogens is 2. The molecule has 1 fully saturated rings. The number of nitrogens with one attached hydrogen (secondary N) is 1. The highest BCUT2D eigenvalue weighted by Gasteiger charge is 2.18. The molecule has 3 heterocycles. The molecular formula is C20H24N4S. The van der Waals surface area contributed by atoms with Crippen LogP contribution in [0.1, 0.15) is 29.7 Å². The minimum atomic E-state index is 0.886. The number of nitrogens with zero attached hydrogens (tertiary/aromatic N) is 3. The van der Waals surface area contributed by atoms with Crippen LogP contribution in [-0.2, 0) is 6.42 Å². The van der Waals surface area contributed by atoms with Gasteiger partial charge in [0.1, 0.15) is 10.6 Å². The lowest BCUT2D eigenvalue weighted by molar-refractivity contribution is 0.855. The molecule has 1 aliphatic rings. The molecule has 0 spiro atoms. The third-order valence-electron chi connectivity index (χ3n) is 4.67. The molecule has 5 heteroatoms. The second-order valence-electron chi connectivity index (χ2n) is 6.66. The average Bonchev–Trinajstić information content (AvgIpc) is 3.28. The minimum absolute atomic E-state index is 0.886. The van der Waals surface area contributed by atoms with E-state index >= 15 is 0 Å². The molecular weight excluding hydrogens is 328 g/mol. The maximum absolute atomic E-state index is 4.85. The molecule has 0 radical (unpaired) electrons. The number of aryl methyl sites for hydroxylation is 2. The van der Waals surface area contributed by atoms with Gasteiger partial charge in [-0.15, -0.1) is 11.3 Å². The van der Waals surface area contributed by atoms with E-state index in [4.69, 9.17) is 9.97 Å². The highest BCUT2D eigenvalue weighted by Crippen LogP contribution is 2.31. The van der Waals surface area contributed by atoms with Crippen LogP contribution in [-0.4, -0.2) is 29.6 Å². The number of hydrogen-bond acceptors (Lipinski definition) is 5. The lowest BCUT2D eigenvalue weighted by atomic mass is 10.1. The Kier molecular flexibility index (Phi) is 4.83. The van der Waals surface area contributed by atoms with E-state index in [1.54, 1.807) is 11.3 Å². The molecule has 0 unspecified atom stereocenters. The van der Waals surface area contributed by atoms with Crippen molar-refractivity contribution in [3.63, 3.8) is 0 Å². The van der Waals surface area contributed by atoms with Crippen molar-refractivity contribution in [2.75, 3.05) is 29.9 Å². The van der Waals surface area contributed by atoms with Crippen molar-refractivity contribution in [2.24, 2.45) is 0 Å². The zero-order valence-corrected chi connectivity index (χ0v) is 15.5. The van der Waals surface area contributed by atoms with Crippen molar-refractivity contribution < 1.29 is 0 Å². The summed E-state index contributed by atoms with van der Waals surface area (Å²) in [7, 11) is 0. The van der Waals surface area contributed by atoms with E-state index in [0.717, 1.165) is 54.5 Å². The highest BCUT2D eigenvalue weighted by molar-refractivity contribution is 7.18. The van der Waals surface area contributed by atoms with Crippen LogP contribution in [0.4, 0.5) is 11.8 Å². The van der Waals surface area contributed by atoms with Gasteiger partial charge in [-0.2, -0.15) is 4.98 Å². The number of fused-ring (bicyclic) bond motifs is 1. The molecule has 1 N–H and O–H groups in total. The summed E-state index contributed by atoms with van der Waals surface area (Å²) in [6, 6.07) is 12.9. The van der Waals surface area contributed by atoms with Crippen LogP contribution in [0.5, 0.6) is 0 Å². The van der Waals surface area contributed by atoms with Crippen LogP contribution in [0, 0.1) is 6.92 Å². The van der Waals surface area contributed by atoms with Gasteiger partial charge in [0, 0.05) is 24.5 Å². The molecule has 4 rings (SSSR count). The molecule has 2 aromatic heterocycles. The molecule has 0 bridgehead atoms. The molecule has 0 saturated carbocycles. The van der Waals surface area contributed by atoms with Crippen molar-refractivity contribution in [3.05, 3.63) is 46.8 Å². The van der Waals surface area contributed by atoms with Crippen LogP contribution in [0.15, 0.2) is 36.4 Å². The summed E-state index contributed by atoms with van der Waals surface area (Å²) in [6.07, 6.45) is 4.66. The fourth-order valence-electron chi connectivity index (χ4n) is 3.37. The van der Waals surface area contributed by atoms with Crippen LogP contribution in [0.3, 0.4) is 0 Å². The summed E-state index contributed by atoms with van der Waals surface area (Å²) in [6.45, 7) is 5.21. The lowest BCUT2D eigenvalue weighted by Gasteiger charge is -2.16. The van der Waals surface area contributed by atoms with Gasteiger partial charge < -0.3 is 10.2 Å². The van der Waals surface area contributed by atoms with E-state index in [0.29, 0.717) is 0 Å². The highest BCUT2D eigenvalue weighted by atomic mass is 32.1. The molecule has 1 aliphatic heterocycles. The quantitative estimate of drug-likeness (QED) is 0.656. The fraction of sp³-hybridized carbons (Fsp3) is 0.400. The standard InChI is InChI=1S/C20H24N4S/c1-15-14-17-18(21-11-7-10-16-8-3-2-4-9-16)22-20(23-19(17)25-15)24-12-5-6-13-24/h2-4,8-9,14H,5-7,10-13H2,1H3,(H,21,22,23). The maximum atomic E-state index is 4.85. The van der Waals surface area contributed by atoms with Gasteiger partial charge in [0.05, 0.1) is 5.39 Å². The van der Waals surface area contributed by atoms with E-state index in [-0.39, 0.29) is 0 Å². The Balaban J connectivity index is 1.49. The van der Waals surface area contributed by atoms with E-state index in [9.17, 15) is 0 Å². The topological polar surface area (TPSA) is 41.1 Å². The molecule has 25 heavy (non-hydrogen) atoms. The molecule has 0 atom stereocenters. The van der Waals surface area contributed by atoms with Gasteiger partial charge in [-0.1, -0.05) is 30.3 Å². The Labute approximate surface area is 152 Å². The monoisotopic (exact) mass is 352 g/mol. The van der Waals surface area contributed by atoms with Gasteiger partial charge in [0.2, 0.25) is 5.95 Å². The Morgan fingerprint density at radius 3 is 2.72 bits per heavy atom. The summed E-state index contributed by atoms with van der Waals surface area (Å²) in [5.74, 6) is 1.88. The van der Waals surface area contributed by atoms with Gasteiger partial charge in [0.15, 0.2) is 0 Å². The molecule has 3 aromatic rings. The summed E-state index contributed by atoms with van der Waals surface area (Å²) in [4.78, 5) is 14.4. The summed E-state index contributed by atoms with van der Waals surface area (Å²) in [5, 5.41) is 4.72. The number of benzene rings is 1. The van der Waals surface area contributed by atoms with Crippen molar-refractivity contribution in [3.8, 4) is 0 Å². The largest absolute Gasteiger partial charge is 0.369 e. The van der Waals surface area contributed by atoms with Crippen LogP contribution < -0.4 is 10.2 Å². The maximum Gasteiger partial charge on any atom is 0.228 e. The smallest absolute Gasteiger partial charge is 0.228 e. The number of hydrogen-bond donors (Lipinski definition) is 1. The average molecular weight is 353 g/mol. The predicted molar refractivity (Wildman–Crippen MR) is 107 cm³/mol. The van der Waals surface area contributed by atoms with Gasteiger partial charge in [-0.05, 0) is 44.2 Å². The minimum Gasteiger partial charge on any atom is -0.369 e. The van der Waals surface area contributed by atoms with Gasteiger partial charge in [-0.3, -0.25) is 0 Å². The zero-order valence-electron chi connectivity index (χ0n) is 14.7. The van der Waals surface area contributed by atoms with E-state index in [2.05, 4.69) is 53.5 Å². The number of anilines is 2. The molecule has 0 amide bonds. The Morgan fingerprint density at radius 2 is 1.92 bits per heavy atom. The van der Waals surface area contributed by atoms with Crippen molar-refractivity contribution in [1.82, 2.24) is 9.97 Å². The summed E-state index contributed by atoms with van der Waals surface area (Å²) in [5.41, 5.74) is 1.39. The van der Waals surface area contributed by atoms with Gasteiger partial charge in [-0.25, -0.2) is 4.98 Å². The molecule has 1 aromatic carbocycles. The Morgan fingerprint density at radius 1 is 1.12 bits per heavy atom. The van der Waals surface area contributed by atoms with Crippen molar-refractivity contribution >= 4 is 33.3 Å². The molecule has 0 aliphatic carbocycles. The second-order valence-corrected chi connectivity index (χ2v) is 7.89. The normalized spacial score (nSPS) is 14.4. The van der Waals surface area contributed by atoms with Crippen molar-refractivity contribution in [1.29, 1.82) is 0 Å². The first-order valence-electron chi connectivity index (χ1n) is 9.10. The van der Waals surface area contributed by atoms with Gasteiger partial charge >= 0.3 is 0 Å². The van der Waals surface area contributed by atoms with E-state index in [1.165, 1.54) is 23.3 Å². The van der Waals surface area contributed by atoms with E-state index < -0.39 is 0 Å². The molecule has 4 nitrogen and oxygen atoms in total. The SMILES string of the molecule is Cc1cc2c(NCCCc3ccccc3)nc(N3CCCC3)nc2s1. The van der Waals surface area contributed by atoms with E-state index in [1.807, 2.05) is 0 Å². The van der Waals surface area contributed by atoms with Gasteiger partial charge in [0.25, 0.3) is 0 Å². The molecule has 1 saturated heterocycles. The number of rotatable bonds is 6. The first-order valence-corrected chi connectivity index (χ1v) is 9.92. The second kappa shape index (κ2) is 7.40. The first-order chi connectivity index (χ1) is 12.3. The Bertz CT molecular complexity index is 838. The zero-order chi connectivity index (χ0) is 17.1. The number of thiophene rings is 1. The lowest BCUT2D eigenvalue weighted by Crippen LogP contribution is -2.21. The van der Waals surface area contributed by atoms with Crippen molar-refractivity contribution in [2.45, 2.75) is 32.6 Å². The fourth-order valence-corrected chi connectivity index (χ4v) is 4.24. The third kappa shape index (κ3) is 3.76. The first kappa shape index (κ1) is 16.3. The van der Waals surface area contributed by atoms with Crippen LogP contribution in [0.2, 0.25) is 0 Å². The summed E-state index contributed by atoms with van der Waals surface area (Å²) >= 11 is 1.76. The predicted octanol–water partition coefficient (Wildman–Crippen LogP) is 4.64. The Hall–Kier alpha value is -2.14. The molecule has 130 valence electrons. The third-order valence-corrected chi connectivity index (χ3v) is 5.61.